The van der Waals surface area contributed by atoms with Crippen molar-refractivity contribution in [2.45, 2.75) is 35.7 Å². The summed E-state index contributed by atoms with van der Waals surface area (Å²) in [5, 5.41) is 29.4. The molecule has 1 heterocycles. The third kappa shape index (κ3) is 3.97. The lowest BCUT2D eigenvalue weighted by molar-refractivity contribution is -0.181. The summed E-state index contributed by atoms with van der Waals surface area (Å²) in [4.78, 5) is 0.253. The third-order valence-corrected chi connectivity index (χ3v) is 5.72. The fourth-order valence-electron chi connectivity index (χ4n) is 3.15. The van der Waals surface area contributed by atoms with Crippen molar-refractivity contribution in [3.8, 4) is 11.1 Å². The number of rotatable bonds is 4. The van der Waals surface area contributed by atoms with Crippen molar-refractivity contribution < 1.29 is 28.5 Å². The van der Waals surface area contributed by atoms with Gasteiger partial charge in [-0.25, -0.2) is 8.42 Å². The van der Waals surface area contributed by atoms with Crippen LogP contribution in [0.1, 0.15) is 18.1 Å². The Morgan fingerprint density at radius 1 is 1.04 bits per heavy atom. The molecule has 1 fully saturated rings. The van der Waals surface area contributed by atoms with Crippen LogP contribution < -0.4 is 0 Å². The molecule has 6 nitrogen and oxygen atoms in total. The van der Waals surface area contributed by atoms with Gasteiger partial charge < -0.3 is 20.1 Å². The highest BCUT2D eigenvalue weighted by molar-refractivity contribution is 7.90. The lowest BCUT2D eigenvalue weighted by Gasteiger charge is -2.36. The van der Waals surface area contributed by atoms with E-state index >= 15 is 0 Å². The zero-order valence-electron chi connectivity index (χ0n) is 14.3. The average molecular weight is 378 g/mol. The highest BCUT2D eigenvalue weighted by atomic mass is 32.2. The van der Waals surface area contributed by atoms with Crippen LogP contribution in [0.2, 0.25) is 0 Å². The number of aliphatic hydroxyl groups is 3. The second-order valence-corrected chi connectivity index (χ2v) is 8.59. The van der Waals surface area contributed by atoms with Crippen LogP contribution in [0.15, 0.2) is 53.4 Å². The molecule has 1 saturated heterocycles. The molecule has 1 aliphatic heterocycles. The third-order valence-electron chi connectivity index (χ3n) is 4.59. The molecular formula is C19H22O6S. The van der Waals surface area contributed by atoms with Gasteiger partial charge in [-0.05, 0) is 34.9 Å². The SMILES string of the molecule is CS(=O)(=O)c1ccc(-c2cccc(C3OC(CO)C(O)CC3O)c2)cc1. The molecule has 4 unspecified atom stereocenters. The highest BCUT2D eigenvalue weighted by Crippen LogP contribution is 2.34. The maximum absolute atomic E-state index is 11.6. The van der Waals surface area contributed by atoms with Crippen molar-refractivity contribution in [1.82, 2.24) is 0 Å². The summed E-state index contributed by atoms with van der Waals surface area (Å²) in [6, 6.07) is 13.9. The molecule has 2 aromatic carbocycles. The molecule has 140 valence electrons. The quantitative estimate of drug-likeness (QED) is 0.741. The van der Waals surface area contributed by atoms with Crippen LogP contribution in [-0.2, 0) is 14.6 Å². The minimum atomic E-state index is -3.25. The number of hydrogen-bond donors (Lipinski definition) is 3. The van der Waals surface area contributed by atoms with Gasteiger partial charge in [0, 0.05) is 12.7 Å². The molecular weight excluding hydrogens is 356 g/mol. The van der Waals surface area contributed by atoms with Crippen molar-refractivity contribution in [1.29, 1.82) is 0 Å². The molecule has 0 aromatic heterocycles. The van der Waals surface area contributed by atoms with Crippen LogP contribution >= 0.6 is 0 Å². The standard InChI is InChI=1S/C19H22O6S/c1-26(23,24)15-7-5-12(6-8-15)13-3-2-4-14(9-13)19-17(22)10-16(21)18(11-20)25-19/h2-9,16-22H,10-11H2,1H3. The number of aliphatic hydroxyl groups excluding tert-OH is 3. The van der Waals surface area contributed by atoms with Gasteiger partial charge in [0.25, 0.3) is 0 Å². The molecule has 7 heteroatoms. The largest absolute Gasteiger partial charge is 0.394 e. The molecule has 0 spiro atoms. The van der Waals surface area contributed by atoms with Crippen molar-refractivity contribution in [3.05, 3.63) is 54.1 Å². The number of ether oxygens (including phenoxy) is 1. The van der Waals surface area contributed by atoms with E-state index in [2.05, 4.69) is 0 Å². The van der Waals surface area contributed by atoms with Crippen molar-refractivity contribution in [3.63, 3.8) is 0 Å². The summed E-state index contributed by atoms with van der Waals surface area (Å²) in [6.45, 7) is -0.322. The molecule has 0 amide bonds. The minimum absolute atomic E-state index is 0.128. The average Bonchev–Trinajstić information content (AvgIpc) is 2.61. The normalized spacial score (nSPS) is 26.6. The van der Waals surface area contributed by atoms with Gasteiger partial charge in [0.15, 0.2) is 9.84 Å². The first-order chi connectivity index (χ1) is 12.3. The molecule has 0 bridgehead atoms. The van der Waals surface area contributed by atoms with Gasteiger partial charge in [0.2, 0.25) is 0 Å². The van der Waals surface area contributed by atoms with E-state index in [1.807, 2.05) is 24.3 Å². The first-order valence-electron chi connectivity index (χ1n) is 8.32. The molecule has 0 saturated carbocycles. The van der Waals surface area contributed by atoms with Gasteiger partial charge >= 0.3 is 0 Å². The fraction of sp³-hybridized carbons (Fsp3) is 0.368. The van der Waals surface area contributed by atoms with E-state index in [0.717, 1.165) is 22.9 Å². The maximum atomic E-state index is 11.6. The molecule has 0 aliphatic carbocycles. The van der Waals surface area contributed by atoms with Gasteiger partial charge in [-0.1, -0.05) is 30.3 Å². The first kappa shape index (κ1) is 19.0. The van der Waals surface area contributed by atoms with Crippen molar-refractivity contribution >= 4 is 9.84 Å². The molecule has 4 atom stereocenters. The Balaban J connectivity index is 1.88. The molecule has 0 radical (unpaired) electrons. The lowest BCUT2D eigenvalue weighted by atomic mass is 9.92. The van der Waals surface area contributed by atoms with Gasteiger partial charge in [-0.3, -0.25) is 0 Å². The zero-order valence-corrected chi connectivity index (χ0v) is 15.1. The highest BCUT2D eigenvalue weighted by Gasteiger charge is 2.36. The lowest BCUT2D eigenvalue weighted by Crippen LogP contribution is -2.44. The Bertz CT molecular complexity index is 862. The summed E-state index contributed by atoms with van der Waals surface area (Å²) >= 11 is 0. The van der Waals surface area contributed by atoms with Gasteiger partial charge in [0.05, 0.1) is 23.7 Å². The van der Waals surface area contributed by atoms with E-state index in [9.17, 15) is 23.7 Å². The van der Waals surface area contributed by atoms with Gasteiger partial charge in [-0.15, -0.1) is 0 Å². The number of hydrogen-bond acceptors (Lipinski definition) is 6. The van der Waals surface area contributed by atoms with E-state index in [4.69, 9.17) is 4.74 Å². The first-order valence-corrected chi connectivity index (χ1v) is 10.2. The summed E-state index contributed by atoms with van der Waals surface area (Å²) < 4.78 is 28.8. The van der Waals surface area contributed by atoms with E-state index < -0.39 is 34.3 Å². The Hall–Kier alpha value is -1.77. The number of sulfone groups is 1. The second-order valence-electron chi connectivity index (χ2n) is 6.57. The van der Waals surface area contributed by atoms with E-state index in [0.29, 0.717) is 0 Å². The number of benzene rings is 2. The predicted molar refractivity (Wildman–Crippen MR) is 96.3 cm³/mol. The van der Waals surface area contributed by atoms with E-state index in [1.54, 1.807) is 24.3 Å². The topological polar surface area (TPSA) is 104 Å². The molecule has 3 N–H and O–H groups in total. The molecule has 2 aromatic rings. The Morgan fingerprint density at radius 3 is 2.35 bits per heavy atom. The van der Waals surface area contributed by atoms with Crippen LogP contribution in [-0.4, -0.2) is 54.9 Å². The van der Waals surface area contributed by atoms with E-state index in [1.165, 1.54) is 0 Å². The summed E-state index contributed by atoms with van der Waals surface area (Å²) in [5.74, 6) is 0. The second kappa shape index (κ2) is 7.46. The van der Waals surface area contributed by atoms with Crippen LogP contribution in [0.4, 0.5) is 0 Å². The summed E-state index contributed by atoms with van der Waals surface area (Å²) in [6.07, 6.45) is -1.87. The summed E-state index contributed by atoms with van der Waals surface area (Å²) in [7, 11) is -3.25. The van der Waals surface area contributed by atoms with Crippen LogP contribution in [0.5, 0.6) is 0 Å². The van der Waals surface area contributed by atoms with Crippen molar-refractivity contribution in [2.75, 3.05) is 12.9 Å². The zero-order chi connectivity index (χ0) is 18.9. The Morgan fingerprint density at radius 2 is 1.73 bits per heavy atom. The van der Waals surface area contributed by atoms with Crippen LogP contribution in [0.3, 0.4) is 0 Å². The molecule has 26 heavy (non-hydrogen) atoms. The maximum Gasteiger partial charge on any atom is 0.175 e. The van der Waals surface area contributed by atoms with Crippen molar-refractivity contribution in [2.24, 2.45) is 0 Å². The summed E-state index contributed by atoms with van der Waals surface area (Å²) in [5.41, 5.74) is 2.42. The fourth-order valence-corrected chi connectivity index (χ4v) is 3.78. The van der Waals surface area contributed by atoms with E-state index in [-0.39, 0.29) is 17.9 Å². The molecule has 3 rings (SSSR count). The van der Waals surface area contributed by atoms with Crippen LogP contribution in [0, 0.1) is 0 Å². The minimum Gasteiger partial charge on any atom is -0.394 e. The smallest absolute Gasteiger partial charge is 0.175 e. The monoisotopic (exact) mass is 378 g/mol. The van der Waals surface area contributed by atoms with Gasteiger partial charge in [-0.2, -0.15) is 0 Å². The van der Waals surface area contributed by atoms with Crippen LogP contribution in [0.25, 0.3) is 11.1 Å². The Kier molecular flexibility index (Phi) is 5.45. The Labute approximate surface area is 152 Å². The predicted octanol–water partition coefficient (Wildman–Crippen LogP) is 1.30. The molecule has 1 aliphatic rings. The van der Waals surface area contributed by atoms with Gasteiger partial charge in [0.1, 0.15) is 12.2 Å².